The Morgan fingerprint density at radius 2 is 1.90 bits per heavy atom. The lowest BCUT2D eigenvalue weighted by molar-refractivity contribution is -0.384. The first-order valence-corrected chi connectivity index (χ1v) is 10.5. The van der Waals surface area contributed by atoms with E-state index >= 15 is 0 Å². The monoisotopic (exact) mass is 416 g/mol. The molecule has 0 saturated carbocycles. The molecule has 0 unspecified atom stereocenters. The number of ether oxygens (including phenoxy) is 1. The van der Waals surface area contributed by atoms with Crippen molar-refractivity contribution >= 4 is 38.0 Å². The number of rotatable bonds is 5. The molecule has 0 atom stereocenters. The van der Waals surface area contributed by atoms with Gasteiger partial charge in [-0.2, -0.15) is 4.31 Å². The highest BCUT2D eigenvalue weighted by Crippen LogP contribution is 2.32. The molecule has 0 amide bonds. The van der Waals surface area contributed by atoms with E-state index in [2.05, 4.69) is 10.3 Å². The Hall–Kier alpha value is -2.95. The first-order valence-electron chi connectivity index (χ1n) is 9.07. The van der Waals surface area contributed by atoms with Crippen molar-refractivity contribution in [2.24, 2.45) is 0 Å². The van der Waals surface area contributed by atoms with Gasteiger partial charge in [0.05, 0.1) is 23.0 Å². The van der Waals surface area contributed by atoms with Gasteiger partial charge in [-0.1, -0.05) is 0 Å². The zero-order valence-electron chi connectivity index (χ0n) is 15.7. The number of nitro benzene ring substituents is 1. The highest BCUT2D eigenvalue weighted by Gasteiger charge is 2.29. The predicted octanol–water partition coefficient (Wildman–Crippen LogP) is 3.15. The average molecular weight is 416 g/mol. The Bertz CT molecular complexity index is 1180. The standard InChI is InChI=1S/C19H20N4O5S/c1-13-10-14-11-15(2-4-17(14)20-13)21-18-5-3-16(12-19(18)23(24)25)29(26,27)22-6-8-28-9-7-22/h2-5,10-12,20-21H,6-9H2,1H3. The van der Waals surface area contributed by atoms with Gasteiger partial charge in [0.15, 0.2) is 0 Å². The third-order valence-electron chi connectivity index (χ3n) is 4.81. The summed E-state index contributed by atoms with van der Waals surface area (Å²) in [6, 6.07) is 11.5. The number of nitrogens with zero attached hydrogens (tertiary/aromatic N) is 2. The van der Waals surface area contributed by atoms with E-state index in [1.54, 1.807) is 6.07 Å². The second kappa shape index (κ2) is 7.47. The lowest BCUT2D eigenvalue weighted by Gasteiger charge is -2.26. The van der Waals surface area contributed by atoms with E-state index < -0.39 is 14.9 Å². The molecule has 1 fully saturated rings. The van der Waals surface area contributed by atoms with Crippen molar-refractivity contribution in [2.45, 2.75) is 11.8 Å². The van der Waals surface area contributed by atoms with Crippen LogP contribution in [0.25, 0.3) is 10.9 Å². The van der Waals surface area contributed by atoms with Gasteiger partial charge in [-0.05, 0) is 43.3 Å². The SMILES string of the molecule is Cc1cc2cc(Nc3ccc(S(=O)(=O)N4CCOCC4)cc3[N+](=O)[O-])ccc2[nH]1. The molecule has 1 saturated heterocycles. The third-order valence-corrected chi connectivity index (χ3v) is 6.70. The number of morpholine rings is 1. The molecule has 9 nitrogen and oxygen atoms in total. The Balaban J connectivity index is 1.67. The van der Waals surface area contributed by atoms with E-state index in [0.717, 1.165) is 22.7 Å². The van der Waals surface area contributed by atoms with Gasteiger partial charge >= 0.3 is 0 Å². The molecule has 4 rings (SSSR count). The summed E-state index contributed by atoms with van der Waals surface area (Å²) in [5.41, 5.74) is 2.57. The van der Waals surface area contributed by atoms with E-state index in [4.69, 9.17) is 4.74 Å². The van der Waals surface area contributed by atoms with Crippen LogP contribution in [0.3, 0.4) is 0 Å². The number of sulfonamides is 1. The molecule has 2 heterocycles. The van der Waals surface area contributed by atoms with Gasteiger partial charge in [0, 0.05) is 41.4 Å². The van der Waals surface area contributed by atoms with E-state index in [-0.39, 0.29) is 29.4 Å². The number of anilines is 2. The van der Waals surface area contributed by atoms with Crippen LogP contribution in [0.5, 0.6) is 0 Å². The van der Waals surface area contributed by atoms with Crippen LogP contribution in [0.1, 0.15) is 5.69 Å². The predicted molar refractivity (Wildman–Crippen MR) is 109 cm³/mol. The second-order valence-corrected chi connectivity index (χ2v) is 8.77. The number of aromatic amines is 1. The molecule has 1 aliphatic rings. The second-order valence-electron chi connectivity index (χ2n) is 6.83. The minimum Gasteiger partial charge on any atom is -0.379 e. The van der Waals surface area contributed by atoms with E-state index in [9.17, 15) is 18.5 Å². The van der Waals surface area contributed by atoms with Crippen molar-refractivity contribution in [3.63, 3.8) is 0 Å². The Morgan fingerprint density at radius 1 is 1.14 bits per heavy atom. The number of hydrogen-bond donors (Lipinski definition) is 2. The maximum atomic E-state index is 12.8. The summed E-state index contributed by atoms with van der Waals surface area (Å²) < 4.78 is 32.1. The molecule has 152 valence electrons. The molecule has 0 bridgehead atoms. The number of nitro groups is 1. The summed E-state index contributed by atoms with van der Waals surface area (Å²) in [6.45, 7) is 3.02. The number of hydrogen-bond acceptors (Lipinski definition) is 6. The van der Waals surface area contributed by atoms with E-state index in [0.29, 0.717) is 18.9 Å². The maximum absolute atomic E-state index is 12.8. The van der Waals surface area contributed by atoms with Crippen molar-refractivity contribution in [3.8, 4) is 0 Å². The Labute approximate surface area is 167 Å². The number of H-pyrrole nitrogens is 1. The van der Waals surface area contributed by atoms with Crippen LogP contribution in [0.15, 0.2) is 47.4 Å². The zero-order valence-corrected chi connectivity index (χ0v) is 16.5. The van der Waals surface area contributed by atoms with Crippen LogP contribution < -0.4 is 5.32 Å². The summed E-state index contributed by atoms with van der Waals surface area (Å²) in [4.78, 5) is 14.1. The third kappa shape index (κ3) is 3.82. The fourth-order valence-corrected chi connectivity index (χ4v) is 4.80. The number of benzene rings is 2. The van der Waals surface area contributed by atoms with Crippen LogP contribution in [0, 0.1) is 17.0 Å². The van der Waals surface area contributed by atoms with Gasteiger partial charge in [0.1, 0.15) is 5.69 Å². The molecule has 2 aromatic carbocycles. The summed E-state index contributed by atoms with van der Waals surface area (Å²) in [7, 11) is -3.82. The molecular formula is C19H20N4O5S. The first kappa shape index (κ1) is 19.4. The van der Waals surface area contributed by atoms with Crippen LogP contribution in [0.4, 0.5) is 17.1 Å². The number of fused-ring (bicyclic) bond motifs is 1. The topological polar surface area (TPSA) is 118 Å². The highest BCUT2D eigenvalue weighted by molar-refractivity contribution is 7.89. The Kier molecular flexibility index (Phi) is 4.99. The zero-order chi connectivity index (χ0) is 20.6. The summed E-state index contributed by atoms with van der Waals surface area (Å²) >= 11 is 0. The summed E-state index contributed by atoms with van der Waals surface area (Å²) in [5.74, 6) is 0. The van der Waals surface area contributed by atoms with Crippen LogP contribution in [0.2, 0.25) is 0 Å². The van der Waals surface area contributed by atoms with Gasteiger partial charge in [0.25, 0.3) is 5.69 Å². The quantitative estimate of drug-likeness (QED) is 0.487. The number of aryl methyl sites for hydroxylation is 1. The van der Waals surface area contributed by atoms with Crippen molar-refractivity contribution in [1.82, 2.24) is 9.29 Å². The lowest BCUT2D eigenvalue weighted by atomic mass is 10.2. The minimum atomic E-state index is -3.82. The summed E-state index contributed by atoms with van der Waals surface area (Å²) in [6.07, 6.45) is 0. The lowest BCUT2D eigenvalue weighted by Crippen LogP contribution is -2.40. The fourth-order valence-electron chi connectivity index (χ4n) is 3.38. The van der Waals surface area contributed by atoms with E-state index in [1.165, 1.54) is 16.4 Å². The average Bonchev–Trinajstić information content (AvgIpc) is 3.08. The molecule has 3 aromatic rings. The molecule has 0 spiro atoms. The van der Waals surface area contributed by atoms with Crippen molar-refractivity contribution in [3.05, 3.63) is 58.3 Å². The number of aromatic nitrogens is 1. The maximum Gasteiger partial charge on any atom is 0.294 e. The molecule has 2 N–H and O–H groups in total. The highest BCUT2D eigenvalue weighted by atomic mass is 32.2. The molecule has 29 heavy (non-hydrogen) atoms. The molecule has 0 radical (unpaired) electrons. The normalized spacial score (nSPS) is 15.5. The fraction of sp³-hybridized carbons (Fsp3) is 0.263. The Morgan fingerprint density at radius 3 is 2.62 bits per heavy atom. The van der Waals surface area contributed by atoms with Crippen molar-refractivity contribution in [2.75, 3.05) is 31.6 Å². The van der Waals surface area contributed by atoms with Gasteiger partial charge in [-0.25, -0.2) is 8.42 Å². The minimum absolute atomic E-state index is 0.103. The van der Waals surface area contributed by atoms with Crippen molar-refractivity contribution in [1.29, 1.82) is 0 Å². The molecule has 0 aliphatic carbocycles. The van der Waals surface area contributed by atoms with Gasteiger partial charge < -0.3 is 15.0 Å². The van der Waals surface area contributed by atoms with Crippen LogP contribution >= 0.6 is 0 Å². The van der Waals surface area contributed by atoms with E-state index in [1.807, 2.05) is 25.1 Å². The van der Waals surface area contributed by atoms with Gasteiger partial charge in [-0.3, -0.25) is 10.1 Å². The molecule has 1 aromatic heterocycles. The van der Waals surface area contributed by atoms with Crippen LogP contribution in [-0.2, 0) is 14.8 Å². The largest absolute Gasteiger partial charge is 0.379 e. The smallest absolute Gasteiger partial charge is 0.294 e. The van der Waals surface area contributed by atoms with Crippen molar-refractivity contribution < 1.29 is 18.1 Å². The number of nitrogens with one attached hydrogen (secondary N) is 2. The molecule has 10 heteroatoms. The van der Waals surface area contributed by atoms with Crippen LogP contribution in [-0.4, -0.2) is 48.9 Å². The first-order chi connectivity index (χ1) is 13.8. The summed E-state index contributed by atoms with van der Waals surface area (Å²) in [5, 5.41) is 15.6. The molecule has 1 aliphatic heterocycles. The van der Waals surface area contributed by atoms with Gasteiger partial charge in [-0.15, -0.1) is 0 Å². The molecular weight excluding hydrogens is 396 g/mol. The van der Waals surface area contributed by atoms with Gasteiger partial charge in [0.2, 0.25) is 10.0 Å².